The number of rotatable bonds is 6. The summed E-state index contributed by atoms with van der Waals surface area (Å²) in [7, 11) is 0. The van der Waals surface area contributed by atoms with Crippen LogP contribution in [0.5, 0.6) is 5.75 Å². The van der Waals surface area contributed by atoms with Gasteiger partial charge in [-0.15, -0.1) is 11.8 Å². The van der Waals surface area contributed by atoms with Gasteiger partial charge in [0.2, 0.25) is 5.91 Å². The maximum absolute atomic E-state index is 13.4. The van der Waals surface area contributed by atoms with Crippen LogP contribution in [-0.4, -0.2) is 23.3 Å². The van der Waals surface area contributed by atoms with Crippen molar-refractivity contribution in [2.45, 2.75) is 11.3 Å². The lowest BCUT2D eigenvalue weighted by Crippen LogP contribution is -2.27. The number of phenolic OH excluding ortho intramolecular Hbond substituents is 1. The zero-order chi connectivity index (χ0) is 15.1. The van der Waals surface area contributed by atoms with E-state index in [4.69, 9.17) is 0 Å². The summed E-state index contributed by atoms with van der Waals surface area (Å²) in [4.78, 5) is 12.3. The van der Waals surface area contributed by atoms with Crippen molar-refractivity contribution in [3.63, 3.8) is 0 Å². The number of carbonyl (C=O) groups is 1. The van der Waals surface area contributed by atoms with Crippen LogP contribution in [0.15, 0.2) is 53.4 Å². The summed E-state index contributed by atoms with van der Waals surface area (Å²) in [6.07, 6.45) is 0.136. The number of benzene rings is 2. The van der Waals surface area contributed by atoms with Crippen LogP contribution in [-0.2, 0) is 11.2 Å². The molecule has 1 amide bonds. The van der Waals surface area contributed by atoms with E-state index in [1.807, 2.05) is 0 Å². The number of phenols is 1. The van der Waals surface area contributed by atoms with Gasteiger partial charge in [-0.25, -0.2) is 4.39 Å². The zero-order valence-electron chi connectivity index (χ0n) is 11.4. The molecule has 0 bridgehead atoms. The third kappa shape index (κ3) is 4.79. The summed E-state index contributed by atoms with van der Waals surface area (Å²) >= 11 is 1.36. The van der Waals surface area contributed by atoms with E-state index < -0.39 is 0 Å². The van der Waals surface area contributed by atoms with Crippen molar-refractivity contribution in [2.75, 3.05) is 12.3 Å². The number of amides is 1. The Kier molecular flexibility index (Phi) is 5.63. The van der Waals surface area contributed by atoms with Crippen LogP contribution in [0.25, 0.3) is 0 Å². The van der Waals surface area contributed by atoms with Gasteiger partial charge in [0.15, 0.2) is 0 Å². The maximum Gasteiger partial charge on any atom is 0.224 e. The normalized spacial score (nSPS) is 10.3. The molecule has 2 aromatic rings. The van der Waals surface area contributed by atoms with Crippen LogP contribution < -0.4 is 5.32 Å². The SMILES string of the molecule is O=C(Cc1ccccc1O)NCCSc1ccccc1F. The fourth-order valence-electron chi connectivity index (χ4n) is 1.81. The topological polar surface area (TPSA) is 49.3 Å². The molecule has 0 spiro atoms. The van der Waals surface area contributed by atoms with Gasteiger partial charge in [-0.05, 0) is 18.2 Å². The Morgan fingerprint density at radius 2 is 1.86 bits per heavy atom. The van der Waals surface area contributed by atoms with E-state index >= 15 is 0 Å². The highest BCUT2D eigenvalue weighted by molar-refractivity contribution is 7.99. The molecule has 110 valence electrons. The zero-order valence-corrected chi connectivity index (χ0v) is 12.2. The number of thioether (sulfide) groups is 1. The third-order valence-electron chi connectivity index (χ3n) is 2.86. The van der Waals surface area contributed by atoms with Gasteiger partial charge in [-0.2, -0.15) is 0 Å². The Labute approximate surface area is 127 Å². The van der Waals surface area contributed by atoms with Crippen LogP contribution in [0, 0.1) is 5.82 Å². The van der Waals surface area contributed by atoms with E-state index in [9.17, 15) is 14.3 Å². The van der Waals surface area contributed by atoms with E-state index in [-0.39, 0.29) is 23.9 Å². The number of nitrogens with one attached hydrogen (secondary N) is 1. The summed E-state index contributed by atoms with van der Waals surface area (Å²) in [5.41, 5.74) is 0.594. The first kappa shape index (κ1) is 15.4. The summed E-state index contributed by atoms with van der Waals surface area (Å²) in [6.45, 7) is 0.450. The van der Waals surface area contributed by atoms with Crippen molar-refractivity contribution in [1.29, 1.82) is 0 Å². The molecule has 2 rings (SSSR count). The van der Waals surface area contributed by atoms with E-state index in [0.29, 0.717) is 22.8 Å². The molecule has 2 N–H and O–H groups in total. The van der Waals surface area contributed by atoms with E-state index in [1.54, 1.807) is 42.5 Å². The lowest BCUT2D eigenvalue weighted by Gasteiger charge is -2.07. The summed E-state index contributed by atoms with van der Waals surface area (Å²) in [5.74, 6) is 0.301. The van der Waals surface area contributed by atoms with Crippen molar-refractivity contribution in [1.82, 2.24) is 5.32 Å². The number of para-hydroxylation sites is 1. The van der Waals surface area contributed by atoms with Gasteiger partial charge in [0.1, 0.15) is 11.6 Å². The molecule has 0 aliphatic rings. The van der Waals surface area contributed by atoms with Gasteiger partial charge in [-0.1, -0.05) is 30.3 Å². The predicted molar refractivity (Wildman–Crippen MR) is 81.9 cm³/mol. The average Bonchev–Trinajstić information content (AvgIpc) is 2.48. The molecule has 0 aliphatic carbocycles. The molecular weight excluding hydrogens is 289 g/mol. The minimum atomic E-state index is -0.247. The van der Waals surface area contributed by atoms with Crippen LogP contribution in [0.2, 0.25) is 0 Å². The minimum Gasteiger partial charge on any atom is -0.508 e. The quantitative estimate of drug-likeness (QED) is 0.637. The fourth-order valence-corrected chi connectivity index (χ4v) is 2.61. The van der Waals surface area contributed by atoms with Crippen LogP contribution in [0.4, 0.5) is 4.39 Å². The molecule has 0 fully saturated rings. The van der Waals surface area contributed by atoms with E-state index in [0.717, 1.165) is 0 Å². The van der Waals surface area contributed by atoms with Gasteiger partial charge < -0.3 is 10.4 Å². The van der Waals surface area contributed by atoms with Gasteiger partial charge in [-0.3, -0.25) is 4.79 Å². The summed E-state index contributed by atoms with van der Waals surface area (Å²) < 4.78 is 13.4. The van der Waals surface area contributed by atoms with Gasteiger partial charge in [0.25, 0.3) is 0 Å². The number of aromatic hydroxyl groups is 1. The lowest BCUT2D eigenvalue weighted by atomic mass is 10.1. The Bertz CT molecular complexity index is 619. The molecule has 21 heavy (non-hydrogen) atoms. The number of carbonyl (C=O) groups excluding carboxylic acids is 1. The van der Waals surface area contributed by atoms with Gasteiger partial charge in [0, 0.05) is 22.8 Å². The van der Waals surface area contributed by atoms with Crippen LogP contribution in [0.3, 0.4) is 0 Å². The van der Waals surface area contributed by atoms with E-state index in [2.05, 4.69) is 5.32 Å². The van der Waals surface area contributed by atoms with Gasteiger partial charge in [0.05, 0.1) is 6.42 Å². The molecule has 0 unspecified atom stereocenters. The largest absolute Gasteiger partial charge is 0.508 e. The molecule has 3 nitrogen and oxygen atoms in total. The van der Waals surface area contributed by atoms with Crippen molar-refractivity contribution in [3.05, 3.63) is 59.9 Å². The highest BCUT2D eigenvalue weighted by atomic mass is 32.2. The minimum absolute atomic E-state index is 0.119. The Hall–Kier alpha value is -2.01. The number of hydrogen-bond donors (Lipinski definition) is 2. The van der Waals surface area contributed by atoms with Crippen molar-refractivity contribution in [2.24, 2.45) is 0 Å². The lowest BCUT2D eigenvalue weighted by molar-refractivity contribution is -0.120. The Morgan fingerprint density at radius 1 is 1.14 bits per heavy atom. The van der Waals surface area contributed by atoms with Crippen molar-refractivity contribution in [3.8, 4) is 5.75 Å². The second-order valence-electron chi connectivity index (χ2n) is 4.43. The second-order valence-corrected chi connectivity index (χ2v) is 5.57. The smallest absolute Gasteiger partial charge is 0.224 e. The Morgan fingerprint density at radius 3 is 2.62 bits per heavy atom. The number of hydrogen-bond acceptors (Lipinski definition) is 3. The first-order chi connectivity index (χ1) is 10.2. The molecular formula is C16H16FNO2S. The Balaban J connectivity index is 1.73. The molecule has 0 aromatic heterocycles. The number of halogens is 1. The highest BCUT2D eigenvalue weighted by Crippen LogP contribution is 2.20. The molecule has 5 heteroatoms. The molecule has 2 aromatic carbocycles. The molecule has 0 heterocycles. The third-order valence-corrected chi connectivity index (χ3v) is 3.91. The standard InChI is InChI=1S/C16H16FNO2S/c17-13-6-2-4-8-15(13)21-10-9-18-16(20)11-12-5-1-3-7-14(12)19/h1-8,19H,9-11H2,(H,18,20). The molecule has 0 aliphatic heterocycles. The fraction of sp³-hybridized carbons (Fsp3) is 0.188. The molecule has 0 saturated heterocycles. The van der Waals surface area contributed by atoms with Crippen molar-refractivity contribution < 1.29 is 14.3 Å². The van der Waals surface area contributed by atoms with Crippen LogP contribution >= 0.6 is 11.8 Å². The first-order valence-corrected chi connectivity index (χ1v) is 7.56. The van der Waals surface area contributed by atoms with Crippen molar-refractivity contribution >= 4 is 17.7 Å². The maximum atomic E-state index is 13.4. The molecule has 0 saturated carbocycles. The summed E-state index contributed by atoms with van der Waals surface area (Å²) in [6, 6.07) is 13.3. The second kappa shape index (κ2) is 7.69. The van der Waals surface area contributed by atoms with Crippen LogP contribution in [0.1, 0.15) is 5.56 Å². The van der Waals surface area contributed by atoms with E-state index in [1.165, 1.54) is 17.8 Å². The molecule has 0 atom stereocenters. The average molecular weight is 305 g/mol. The predicted octanol–water partition coefficient (Wildman–Crippen LogP) is 2.98. The first-order valence-electron chi connectivity index (χ1n) is 6.57. The summed E-state index contributed by atoms with van der Waals surface area (Å²) in [5, 5.41) is 12.3. The molecule has 0 radical (unpaired) electrons. The van der Waals surface area contributed by atoms with Gasteiger partial charge >= 0.3 is 0 Å². The monoisotopic (exact) mass is 305 g/mol. The highest BCUT2D eigenvalue weighted by Gasteiger charge is 2.07.